The minimum absolute atomic E-state index is 0.0231. The van der Waals surface area contributed by atoms with Gasteiger partial charge >= 0.3 is 0 Å². The number of hydrogen-bond acceptors (Lipinski definition) is 3. The van der Waals surface area contributed by atoms with Gasteiger partial charge in [-0.15, -0.1) is 0 Å². The van der Waals surface area contributed by atoms with Gasteiger partial charge in [0.15, 0.2) is 0 Å². The molecule has 0 aliphatic carbocycles. The fourth-order valence-corrected chi connectivity index (χ4v) is 1.61. The van der Waals surface area contributed by atoms with Gasteiger partial charge in [0, 0.05) is 31.1 Å². The molecular formula is C12H16N4. The Bertz CT molecular complexity index is 456. The van der Waals surface area contributed by atoms with Crippen LogP contribution in [0.5, 0.6) is 0 Å². The Morgan fingerprint density at radius 1 is 1.38 bits per heavy atom. The molecular weight excluding hydrogens is 200 g/mol. The highest BCUT2D eigenvalue weighted by Crippen LogP contribution is 2.12. The number of nitrogens with zero attached hydrogens (tertiary/aromatic N) is 3. The van der Waals surface area contributed by atoms with Crippen LogP contribution in [-0.2, 0) is 6.42 Å². The van der Waals surface area contributed by atoms with Crippen LogP contribution in [0, 0.1) is 0 Å². The van der Waals surface area contributed by atoms with Gasteiger partial charge in [-0.1, -0.05) is 13.0 Å². The fraction of sp³-hybridized carbons (Fsp3) is 0.333. The van der Waals surface area contributed by atoms with Crippen LogP contribution in [0.4, 0.5) is 0 Å². The van der Waals surface area contributed by atoms with Gasteiger partial charge in [-0.25, -0.2) is 9.97 Å². The first-order chi connectivity index (χ1) is 7.72. The molecule has 0 fully saturated rings. The highest BCUT2D eigenvalue weighted by molar-refractivity contribution is 5.28. The average molecular weight is 216 g/mol. The maximum absolute atomic E-state index is 5.78. The molecule has 0 aliphatic heterocycles. The van der Waals surface area contributed by atoms with Crippen LogP contribution in [0.2, 0.25) is 0 Å². The quantitative estimate of drug-likeness (QED) is 0.851. The Morgan fingerprint density at radius 2 is 2.19 bits per heavy atom. The van der Waals surface area contributed by atoms with E-state index in [9.17, 15) is 0 Å². The number of aryl methyl sites for hydroxylation is 1. The van der Waals surface area contributed by atoms with E-state index in [2.05, 4.69) is 16.9 Å². The Hall–Kier alpha value is -1.68. The number of imidazole rings is 1. The summed E-state index contributed by atoms with van der Waals surface area (Å²) in [7, 11) is 0. The second-order valence-corrected chi connectivity index (χ2v) is 3.81. The Labute approximate surface area is 95.1 Å². The molecule has 0 aliphatic rings. The second kappa shape index (κ2) is 4.45. The summed E-state index contributed by atoms with van der Waals surface area (Å²) in [6, 6.07) is 4.00. The third kappa shape index (κ3) is 1.97. The number of nitrogens with two attached hydrogens (primary N) is 1. The predicted octanol–water partition coefficient (Wildman–Crippen LogP) is 1.85. The van der Waals surface area contributed by atoms with Gasteiger partial charge in [0.05, 0.1) is 0 Å². The van der Waals surface area contributed by atoms with Gasteiger partial charge in [-0.05, 0) is 18.6 Å². The molecule has 0 saturated carbocycles. The molecule has 0 spiro atoms. The second-order valence-electron chi connectivity index (χ2n) is 3.81. The molecule has 2 aromatic heterocycles. The highest BCUT2D eigenvalue weighted by Gasteiger charge is 2.05. The lowest BCUT2D eigenvalue weighted by atomic mass is 10.1. The fourth-order valence-electron chi connectivity index (χ4n) is 1.61. The lowest BCUT2D eigenvalue weighted by Crippen LogP contribution is -2.07. The molecule has 0 radical (unpaired) electrons. The van der Waals surface area contributed by atoms with Gasteiger partial charge in [0.2, 0.25) is 0 Å². The first-order valence-electron chi connectivity index (χ1n) is 5.46. The van der Waals surface area contributed by atoms with Crippen LogP contribution in [0.15, 0.2) is 30.7 Å². The van der Waals surface area contributed by atoms with E-state index in [-0.39, 0.29) is 6.04 Å². The van der Waals surface area contributed by atoms with E-state index in [1.807, 2.05) is 36.0 Å². The van der Waals surface area contributed by atoms with Crippen molar-refractivity contribution in [2.24, 2.45) is 5.73 Å². The largest absolute Gasteiger partial charge is 0.324 e. The SMILES string of the molecule is CCc1nccn1-c1ccc(C(C)N)cn1. The number of pyridine rings is 1. The van der Waals surface area contributed by atoms with E-state index >= 15 is 0 Å². The van der Waals surface area contributed by atoms with Crippen molar-refractivity contribution in [2.75, 3.05) is 0 Å². The van der Waals surface area contributed by atoms with E-state index in [0.29, 0.717) is 0 Å². The van der Waals surface area contributed by atoms with Crippen molar-refractivity contribution in [1.29, 1.82) is 0 Å². The van der Waals surface area contributed by atoms with Crippen molar-refractivity contribution < 1.29 is 0 Å². The summed E-state index contributed by atoms with van der Waals surface area (Å²) in [5.41, 5.74) is 6.82. The lowest BCUT2D eigenvalue weighted by molar-refractivity contribution is 0.803. The van der Waals surface area contributed by atoms with E-state index in [1.165, 1.54) is 0 Å². The van der Waals surface area contributed by atoms with Crippen molar-refractivity contribution in [3.05, 3.63) is 42.1 Å². The lowest BCUT2D eigenvalue weighted by Gasteiger charge is -2.08. The van der Waals surface area contributed by atoms with Crippen LogP contribution in [0.3, 0.4) is 0 Å². The van der Waals surface area contributed by atoms with Gasteiger partial charge in [0.25, 0.3) is 0 Å². The molecule has 0 amide bonds. The summed E-state index contributed by atoms with van der Waals surface area (Å²) in [6.07, 6.45) is 6.43. The van der Waals surface area contributed by atoms with Gasteiger partial charge in [-0.2, -0.15) is 0 Å². The third-order valence-corrected chi connectivity index (χ3v) is 2.58. The number of rotatable bonds is 3. The standard InChI is InChI=1S/C12H16N4/c1-3-11-14-6-7-16(11)12-5-4-10(8-15-12)9(2)13/h4-9H,3,13H2,1-2H3. The van der Waals surface area contributed by atoms with Gasteiger partial charge < -0.3 is 5.73 Å². The highest BCUT2D eigenvalue weighted by atomic mass is 15.1. The van der Waals surface area contributed by atoms with Gasteiger partial charge in [0.1, 0.15) is 11.6 Å². The summed E-state index contributed by atoms with van der Waals surface area (Å²) >= 11 is 0. The maximum atomic E-state index is 5.78. The normalized spacial score (nSPS) is 12.7. The average Bonchev–Trinajstić information content (AvgIpc) is 2.77. The zero-order valence-electron chi connectivity index (χ0n) is 9.59. The third-order valence-electron chi connectivity index (χ3n) is 2.58. The van der Waals surface area contributed by atoms with Gasteiger partial charge in [-0.3, -0.25) is 4.57 Å². The maximum Gasteiger partial charge on any atom is 0.137 e. The minimum atomic E-state index is 0.0231. The molecule has 1 atom stereocenters. The van der Waals surface area contributed by atoms with E-state index < -0.39 is 0 Å². The first kappa shape index (κ1) is 10.8. The molecule has 4 nitrogen and oxygen atoms in total. The molecule has 2 aromatic rings. The van der Waals surface area contributed by atoms with Crippen molar-refractivity contribution >= 4 is 0 Å². The summed E-state index contributed by atoms with van der Waals surface area (Å²) in [6.45, 7) is 4.03. The van der Waals surface area contributed by atoms with Crippen molar-refractivity contribution in [2.45, 2.75) is 26.3 Å². The molecule has 16 heavy (non-hydrogen) atoms. The van der Waals surface area contributed by atoms with Crippen LogP contribution in [0.25, 0.3) is 5.82 Å². The van der Waals surface area contributed by atoms with Crippen molar-refractivity contribution in [1.82, 2.24) is 14.5 Å². The Kier molecular flexibility index (Phi) is 3.01. The van der Waals surface area contributed by atoms with Crippen molar-refractivity contribution in [3.63, 3.8) is 0 Å². The van der Waals surface area contributed by atoms with E-state index in [0.717, 1.165) is 23.6 Å². The molecule has 0 bridgehead atoms. The molecule has 84 valence electrons. The molecule has 4 heteroatoms. The van der Waals surface area contributed by atoms with Crippen LogP contribution < -0.4 is 5.73 Å². The summed E-state index contributed by atoms with van der Waals surface area (Å²) in [5.74, 6) is 1.90. The van der Waals surface area contributed by atoms with E-state index in [4.69, 9.17) is 5.73 Å². The smallest absolute Gasteiger partial charge is 0.137 e. The minimum Gasteiger partial charge on any atom is -0.324 e. The molecule has 1 unspecified atom stereocenters. The molecule has 0 aromatic carbocycles. The van der Waals surface area contributed by atoms with Crippen LogP contribution >= 0.6 is 0 Å². The monoisotopic (exact) mass is 216 g/mol. The Balaban J connectivity index is 2.35. The van der Waals surface area contributed by atoms with Crippen LogP contribution in [-0.4, -0.2) is 14.5 Å². The molecule has 2 N–H and O–H groups in total. The number of aromatic nitrogens is 3. The zero-order chi connectivity index (χ0) is 11.5. The first-order valence-corrected chi connectivity index (χ1v) is 5.46. The molecule has 0 saturated heterocycles. The van der Waals surface area contributed by atoms with Crippen molar-refractivity contribution in [3.8, 4) is 5.82 Å². The molecule has 2 rings (SSSR count). The van der Waals surface area contributed by atoms with E-state index in [1.54, 1.807) is 6.20 Å². The zero-order valence-corrected chi connectivity index (χ0v) is 9.59. The topological polar surface area (TPSA) is 56.7 Å². The summed E-state index contributed by atoms with van der Waals surface area (Å²) in [5, 5.41) is 0. The summed E-state index contributed by atoms with van der Waals surface area (Å²) < 4.78 is 1.99. The number of hydrogen-bond donors (Lipinski definition) is 1. The Morgan fingerprint density at radius 3 is 2.75 bits per heavy atom. The molecule has 2 heterocycles. The summed E-state index contributed by atoms with van der Waals surface area (Å²) in [4.78, 5) is 8.66. The van der Waals surface area contributed by atoms with Crippen LogP contribution in [0.1, 0.15) is 31.3 Å². The predicted molar refractivity (Wildman–Crippen MR) is 63.3 cm³/mol.